The van der Waals surface area contributed by atoms with Gasteiger partial charge >= 0.3 is 0 Å². The maximum atomic E-state index is 11.2. The van der Waals surface area contributed by atoms with E-state index in [9.17, 15) is 4.79 Å². The third-order valence-corrected chi connectivity index (χ3v) is 3.55. The monoisotopic (exact) mass is 252 g/mol. The van der Waals surface area contributed by atoms with E-state index in [1.54, 1.807) is 0 Å². The van der Waals surface area contributed by atoms with Crippen LogP contribution in [-0.4, -0.2) is 11.9 Å². The molecule has 1 aromatic rings. The lowest BCUT2D eigenvalue weighted by Gasteiger charge is -2.27. The van der Waals surface area contributed by atoms with Crippen LogP contribution < -0.4 is 9.47 Å². The van der Waals surface area contributed by atoms with Crippen molar-refractivity contribution in [3.8, 4) is 11.5 Å². The van der Waals surface area contributed by atoms with Crippen molar-refractivity contribution in [2.75, 3.05) is 6.79 Å². The molecule has 0 saturated heterocycles. The zero-order chi connectivity index (χ0) is 12.5. The Hall–Kier alpha value is -1.16. The van der Waals surface area contributed by atoms with E-state index in [-0.39, 0.29) is 17.3 Å². The summed E-state index contributed by atoms with van der Waals surface area (Å²) < 4.78 is 10.6. The maximum absolute atomic E-state index is 11.2. The molecule has 3 nitrogen and oxygen atoms in total. The Morgan fingerprint density at radius 2 is 2.12 bits per heavy atom. The van der Waals surface area contributed by atoms with Crippen LogP contribution in [0.2, 0.25) is 0 Å². The zero-order valence-corrected chi connectivity index (χ0v) is 10.9. The van der Waals surface area contributed by atoms with Gasteiger partial charge in [0.15, 0.2) is 16.6 Å². The number of fused-ring (bicyclic) bond motifs is 1. The second-order valence-electron chi connectivity index (χ2n) is 4.55. The van der Waals surface area contributed by atoms with E-state index in [1.807, 2.05) is 18.2 Å². The molecular formula is C13H16O3S. The molecule has 1 aliphatic heterocycles. The largest absolute Gasteiger partial charge is 0.454 e. The Morgan fingerprint density at radius 1 is 1.41 bits per heavy atom. The summed E-state index contributed by atoms with van der Waals surface area (Å²) in [5, 5.41) is -0.0907. The standard InChI is InChI=1S/C13H16O3S/c1-3-13(2,7-12(14)17)9-4-5-10-11(6-9)16-8-15-10/h4-6H,3,7-8H2,1-2H3,(H,14,17). The number of carbonyl (C=O) groups is 1. The fourth-order valence-electron chi connectivity index (χ4n) is 2.04. The van der Waals surface area contributed by atoms with Gasteiger partial charge in [-0.05, 0) is 24.1 Å². The molecule has 1 atom stereocenters. The van der Waals surface area contributed by atoms with Gasteiger partial charge in [0.1, 0.15) is 0 Å². The molecule has 4 heteroatoms. The maximum Gasteiger partial charge on any atom is 0.231 e. The second kappa shape index (κ2) is 4.61. The van der Waals surface area contributed by atoms with Gasteiger partial charge in [0.05, 0.1) is 0 Å². The molecule has 0 radical (unpaired) electrons. The summed E-state index contributed by atoms with van der Waals surface area (Å²) in [6.45, 7) is 4.41. The van der Waals surface area contributed by atoms with Crippen molar-refractivity contribution in [3.63, 3.8) is 0 Å². The van der Waals surface area contributed by atoms with Gasteiger partial charge in [-0.25, -0.2) is 0 Å². The molecule has 0 aromatic heterocycles. The number of carbonyl (C=O) groups excluding carboxylic acids is 1. The number of hydrogen-bond donors (Lipinski definition) is 1. The average Bonchev–Trinajstić information content (AvgIpc) is 2.74. The van der Waals surface area contributed by atoms with Crippen LogP contribution in [-0.2, 0) is 10.2 Å². The number of benzene rings is 1. The van der Waals surface area contributed by atoms with E-state index in [2.05, 4.69) is 26.5 Å². The fourth-order valence-corrected chi connectivity index (χ4v) is 2.39. The molecule has 0 amide bonds. The minimum absolute atomic E-state index is 0.0907. The van der Waals surface area contributed by atoms with Crippen LogP contribution in [0.25, 0.3) is 0 Å². The van der Waals surface area contributed by atoms with Gasteiger partial charge in [0, 0.05) is 11.8 Å². The highest BCUT2D eigenvalue weighted by Crippen LogP contribution is 2.39. The Morgan fingerprint density at radius 3 is 2.76 bits per heavy atom. The molecule has 1 heterocycles. The fraction of sp³-hybridized carbons (Fsp3) is 0.462. The van der Waals surface area contributed by atoms with E-state index < -0.39 is 0 Å². The lowest BCUT2D eigenvalue weighted by Crippen LogP contribution is -2.23. The minimum atomic E-state index is -0.195. The smallest absolute Gasteiger partial charge is 0.231 e. The lowest BCUT2D eigenvalue weighted by molar-refractivity contribution is -0.111. The molecule has 17 heavy (non-hydrogen) atoms. The SMILES string of the molecule is CCC(C)(CC(=O)S)c1ccc2c(c1)OCO2. The van der Waals surface area contributed by atoms with Crippen molar-refractivity contribution >= 4 is 17.7 Å². The molecule has 1 aliphatic rings. The van der Waals surface area contributed by atoms with Crippen molar-refractivity contribution in [2.24, 2.45) is 0 Å². The van der Waals surface area contributed by atoms with Gasteiger partial charge < -0.3 is 9.47 Å². The summed E-state index contributed by atoms with van der Waals surface area (Å²) in [5.41, 5.74) is 0.895. The first-order chi connectivity index (χ1) is 8.05. The quantitative estimate of drug-likeness (QED) is 0.837. The van der Waals surface area contributed by atoms with Crippen LogP contribution in [0.3, 0.4) is 0 Å². The first-order valence-corrected chi connectivity index (χ1v) is 6.12. The molecule has 92 valence electrons. The van der Waals surface area contributed by atoms with Crippen LogP contribution >= 0.6 is 12.6 Å². The molecule has 1 aromatic carbocycles. The predicted molar refractivity (Wildman–Crippen MR) is 68.8 cm³/mol. The van der Waals surface area contributed by atoms with Gasteiger partial charge in [0.2, 0.25) is 6.79 Å². The number of rotatable bonds is 4. The van der Waals surface area contributed by atoms with E-state index in [0.717, 1.165) is 23.5 Å². The summed E-state index contributed by atoms with van der Waals surface area (Å²) >= 11 is 3.88. The van der Waals surface area contributed by atoms with Crippen LogP contribution in [0, 0.1) is 0 Å². The second-order valence-corrected chi connectivity index (χ2v) is 5.05. The van der Waals surface area contributed by atoms with Crippen LogP contribution in [0.15, 0.2) is 18.2 Å². The van der Waals surface area contributed by atoms with E-state index in [4.69, 9.17) is 9.47 Å². The molecular weight excluding hydrogens is 236 g/mol. The Kier molecular flexibility index (Phi) is 3.33. The molecule has 0 fully saturated rings. The molecule has 2 rings (SSSR count). The predicted octanol–water partition coefficient (Wildman–Crippen LogP) is 2.93. The molecule has 0 spiro atoms. The Bertz CT molecular complexity index is 444. The summed E-state index contributed by atoms with van der Waals surface area (Å²) in [4.78, 5) is 11.2. The average molecular weight is 252 g/mol. The summed E-state index contributed by atoms with van der Waals surface area (Å²) in [6.07, 6.45) is 1.30. The van der Waals surface area contributed by atoms with Gasteiger partial charge in [0.25, 0.3) is 0 Å². The van der Waals surface area contributed by atoms with Gasteiger partial charge in [-0.2, -0.15) is 0 Å². The number of hydrogen-bond acceptors (Lipinski definition) is 3. The summed E-state index contributed by atoms with van der Waals surface area (Å²) in [7, 11) is 0. The van der Waals surface area contributed by atoms with E-state index >= 15 is 0 Å². The molecule has 0 N–H and O–H groups in total. The zero-order valence-electron chi connectivity index (χ0n) is 10.0. The van der Waals surface area contributed by atoms with Gasteiger partial charge in [-0.1, -0.05) is 19.9 Å². The van der Waals surface area contributed by atoms with Gasteiger partial charge in [-0.15, -0.1) is 12.6 Å². The van der Waals surface area contributed by atoms with Crippen molar-refractivity contribution in [1.82, 2.24) is 0 Å². The third-order valence-electron chi connectivity index (χ3n) is 3.39. The minimum Gasteiger partial charge on any atom is -0.454 e. The van der Waals surface area contributed by atoms with Crippen LogP contribution in [0.4, 0.5) is 0 Å². The van der Waals surface area contributed by atoms with Crippen molar-refractivity contribution in [3.05, 3.63) is 23.8 Å². The Balaban J connectivity index is 2.34. The van der Waals surface area contributed by atoms with Crippen molar-refractivity contribution in [1.29, 1.82) is 0 Å². The third kappa shape index (κ3) is 2.41. The van der Waals surface area contributed by atoms with Crippen molar-refractivity contribution < 1.29 is 14.3 Å². The molecule has 0 saturated carbocycles. The highest BCUT2D eigenvalue weighted by atomic mass is 32.1. The molecule has 0 aliphatic carbocycles. The lowest BCUT2D eigenvalue weighted by atomic mass is 9.77. The number of ether oxygens (including phenoxy) is 2. The summed E-state index contributed by atoms with van der Waals surface area (Å²) in [5.74, 6) is 1.53. The molecule has 1 unspecified atom stereocenters. The van der Waals surface area contributed by atoms with Crippen LogP contribution in [0.1, 0.15) is 32.3 Å². The van der Waals surface area contributed by atoms with Crippen LogP contribution in [0.5, 0.6) is 11.5 Å². The van der Waals surface area contributed by atoms with E-state index in [0.29, 0.717) is 6.42 Å². The van der Waals surface area contributed by atoms with Gasteiger partial charge in [-0.3, -0.25) is 4.79 Å². The first-order valence-electron chi connectivity index (χ1n) is 5.67. The number of thiol groups is 1. The normalized spacial score (nSPS) is 16.6. The van der Waals surface area contributed by atoms with E-state index in [1.165, 1.54) is 0 Å². The topological polar surface area (TPSA) is 35.5 Å². The summed E-state index contributed by atoms with van der Waals surface area (Å²) in [6, 6.07) is 5.85. The Labute approximate surface area is 107 Å². The molecule has 0 bridgehead atoms. The highest BCUT2D eigenvalue weighted by Gasteiger charge is 2.28. The van der Waals surface area contributed by atoms with Crippen molar-refractivity contribution in [2.45, 2.75) is 32.1 Å². The first kappa shape index (κ1) is 12.3. The highest BCUT2D eigenvalue weighted by molar-refractivity contribution is 7.96.